The first-order valence-electron chi connectivity index (χ1n) is 7.02. The molecule has 0 saturated carbocycles. The van der Waals surface area contributed by atoms with Gasteiger partial charge in [0, 0.05) is 6.42 Å². The molecule has 0 bridgehead atoms. The molecule has 0 aromatic heterocycles. The maximum Gasteiger partial charge on any atom is 0.303 e. The highest BCUT2D eigenvalue weighted by Gasteiger charge is 2.19. The van der Waals surface area contributed by atoms with Crippen molar-refractivity contribution in [2.24, 2.45) is 11.8 Å². The average molecular weight is 241 g/mol. The maximum atomic E-state index is 10.5. The third-order valence-corrected chi connectivity index (χ3v) is 3.73. The molecule has 1 N–H and O–H groups in total. The van der Waals surface area contributed by atoms with Crippen LogP contribution in [0.1, 0.15) is 52.4 Å². The normalized spacial score (nSPS) is 18.8. The number of carboxylic acid groups (broad SMARTS) is 1. The van der Waals surface area contributed by atoms with Gasteiger partial charge in [-0.3, -0.25) is 4.79 Å². The van der Waals surface area contributed by atoms with Crippen LogP contribution in [0.3, 0.4) is 0 Å². The molecule has 17 heavy (non-hydrogen) atoms. The zero-order valence-corrected chi connectivity index (χ0v) is 11.3. The lowest BCUT2D eigenvalue weighted by atomic mass is 9.92. The van der Waals surface area contributed by atoms with Crippen LogP contribution < -0.4 is 0 Å². The van der Waals surface area contributed by atoms with Gasteiger partial charge in [0.05, 0.1) is 0 Å². The molecule has 1 rings (SSSR count). The van der Waals surface area contributed by atoms with Crippen LogP contribution in [-0.4, -0.2) is 35.6 Å². The van der Waals surface area contributed by atoms with Crippen molar-refractivity contribution < 1.29 is 9.90 Å². The molecule has 3 nitrogen and oxygen atoms in total. The van der Waals surface area contributed by atoms with Crippen LogP contribution in [0.25, 0.3) is 0 Å². The van der Waals surface area contributed by atoms with Crippen molar-refractivity contribution in [1.82, 2.24) is 4.90 Å². The fourth-order valence-electron chi connectivity index (χ4n) is 2.55. The molecule has 0 aromatic carbocycles. The summed E-state index contributed by atoms with van der Waals surface area (Å²) < 4.78 is 0. The third-order valence-electron chi connectivity index (χ3n) is 3.73. The minimum atomic E-state index is -0.649. The summed E-state index contributed by atoms with van der Waals surface area (Å²) in [5, 5.41) is 8.65. The summed E-state index contributed by atoms with van der Waals surface area (Å²) in [5.74, 6) is 0.805. The predicted molar refractivity (Wildman–Crippen MR) is 70.1 cm³/mol. The third kappa shape index (κ3) is 6.67. The van der Waals surface area contributed by atoms with E-state index in [0.717, 1.165) is 12.3 Å². The van der Waals surface area contributed by atoms with Crippen molar-refractivity contribution in [2.75, 3.05) is 19.6 Å². The number of piperidine rings is 1. The number of carbonyl (C=O) groups is 1. The largest absolute Gasteiger partial charge is 0.481 e. The number of likely N-dealkylation sites (tertiary alicyclic amines) is 1. The molecular weight excluding hydrogens is 214 g/mol. The van der Waals surface area contributed by atoms with Crippen LogP contribution in [0, 0.1) is 11.8 Å². The molecular formula is C14H27NO2. The van der Waals surface area contributed by atoms with E-state index in [0.29, 0.717) is 12.3 Å². The average Bonchev–Trinajstić information content (AvgIpc) is 2.27. The Labute approximate surface area is 105 Å². The van der Waals surface area contributed by atoms with Gasteiger partial charge in [0.25, 0.3) is 0 Å². The fourth-order valence-corrected chi connectivity index (χ4v) is 2.55. The number of aliphatic carboxylic acids is 1. The second kappa shape index (κ2) is 7.70. The molecule has 1 heterocycles. The topological polar surface area (TPSA) is 40.5 Å². The summed E-state index contributed by atoms with van der Waals surface area (Å²) in [7, 11) is 0. The Bertz CT molecular complexity index is 220. The Morgan fingerprint density at radius 3 is 2.53 bits per heavy atom. The molecule has 3 heteroatoms. The van der Waals surface area contributed by atoms with Crippen LogP contribution in [0.5, 0.6) is 0 Å². The smallest absolute Gasteiger partial charge is 0.303 e. The number of carboxylic acids is 1. The van der Waals surface area contributed by atoms with Gasteiger partial charge in [0.2, 0.25) is 0 Å². The van der Waals surface area contributed by atoms with Crippen molar-refractivity contribution in [1.29, 1.82) is 0 Å². The van der Waals surface area contributed by atoms with Crippen molar-refractivity contribution >= 4 is 5.97 Å². The second-order valence-corrected chi connectivity index (χ2v) is 5.75. The van der Waals surface area contributed by atoms with E-state index in [-0.39, 0.29) is 0 Å². The molecule has 0 spiro atoms. The van der Waals surface area contributed by atoms with Crippen molar-refractivity contribution in [3.05, 3.63) is 0 Å². The lowest BCUT2D eigenvalue weighted by Gasteiger charge is -2.31. The molecule has 100 valence electrons. The van der Waals surface area contributed by atoms with Crippen LogP contribution in [0.2, 0.25) is 0 Å². The molecule has 0 aromatic rings. The van der Waals surface area contributed by atoms with Crippen molar-refractivity contribution in [2.45, 2.75) is 52.4 Å². The van der Waals surface area contributed by atoms with Crippen LogP contribution in [-0.2, 0) is 4.79 Å². The van der Waals surface area contributed by atoms with Crippen molar-refractivity contribution in [3.63, 3.8) is 0 Å². The van der Waals surface area contributed by atoms with E-state index in [2.05, 4.69) is 18.7 Å². The van der Waals surface area contributed by atoms with Gasteiger partial charge in [-0.15, -0.1) is 0 Å². The van der Waals surface area contributed by atoms with Gasteiger partial charge in [-0.25, -0.2) is 0 Å². The Balaban J connectivity index is 2.07. The summed E-state index contributed by atoms with van der Waals surface area (Å²) in [6, 6.07) is 0. The van der Waals surface area contributed by atoms with E-state index in [1.165, 1.54) is 45.3 Å². The highest BCUT2D eigenvalue weighted by Crippen LogP contribution is 2.22. The summed E-state index contributed by atoms with van der Waals surface area (Å²) in [4.78, 5) is 13.0. The SMILES string of the molecule is CC(C)CCCN1CCC(CCC(=O)O)CC1. The Morgan fingerprint density at radius 1 is 1.35 bits per heavy atom. The summed E-state index contributed by atoms with van der Waals surface area (Å²) in [5.41, 5.74) is 0. The second-order valence-electron chi connectivity index (χ2n) is 5.75. The lowest BCUT2D eigenvalue weighted by Crippen LogP contribution is -2.34. The zero-order valence-electron chi connectivity index (χ0n) is 11.3. The summed E-state index contributed by atoms with van der Waals surface area (Å²) in [6.45, 7) is 8.12. The van der Waals surface area contributed by atoms with E-state index in [1.54, 1.807) is 0 Å². The van der Waals surface area contributed by atoms with Crippen molar-refractivity contribution in [3.8, 4) is 0 Å². The van der Waals surface area contributed by atoms with E-state index >= 15 is 0 Å². The van der Waals surface area contributed by atoms with E-state index in [9.17, 15) is 4.79 Å². The van der Waals surface area contributed by atoms with Gasteiger partial charge >= 0.3 is 5.97 Å². The summed E-state index contributed by atoms with van der Waals surface area (Å²) in [6.07, 6.45) is 6.22. The Kier molecular flexibility index (Phi) is 6.56. The number of rotatable bonds is 7. The van der Waals surface area contributed by atoms with Crippen LogP contribution in [0.4, 0.5) is 0 Å². The first-order chi connectivity index (χ1) is 8.08. The molecule has 1 saturated heterocycles. The van der Waals surface area contributed by atoms with E-state index in [4.69, 9.17) is 5.11 Å². The van der Waals surface area contributed by atoms with E-state index < -0.39 is 5.97 Å². The molecule has 0 aliphatic carbocycles. The summed E-state index contributed by atoms with van der Waals surface area (Å²) >= 11 is 0. The van der Waals surface area contributed by atoms with Crippen LogP contribution >= 0.6 is 0 Å². The number of hydrogen-bond donors (Lipinski definition) is 1. The molecule has 0 atom stereocenters. The van der Waals surface area contributed by atoms with Gasteiger partial charge in [-0.1, -0.05) is 13.8 Å². The first-order valence-corrected chi connectivity index (χ1v) is 7.02. The standard InChI is InChI=1S/C14H27NO2/c1-12(2)4-3-9-15-10-7-13(8-11-15)5-6-14(16)17/h12-13H,3-11H2,1-2H3,(H,16,17). The molecule has 0 unspecified atom stereocenters. The molecule has 1 aliphatic heterocycles. The molecule has 0 amide bonds. The van der Waals surface area contributed by atoms with Gasteiger partial charge in [0.1, 0.15) is 0 Å². The Hall–Kier alpha value is -0.570. The Morgan fingerprint density at radius 2 is 2.00 bits per heavy atom. The highest BCUT2D eigenvalue weighted by atomic mass is 16.4. The number of hydrogen-bond acceptors (Lipinski definition) is 2. The quantitative estimate of drug-likeness (QED) is 0.745. The lowest BCUT2D eigenvalue weighted by molar-refractivity contribution is -0.137. The minimum absolute atomic E-state index is 0.345. The molecule has 1 aliphatic rings. The van der Waals surface area contributed by atoms with E-state index in [1.807, 2.05) is 0 Å². The molecule has 1 fully saturated rings. The first kappa shape index (κ1) is 14.5. The van der Waals surface area contributed by atoms with Gasteiger partial charge < -0.3 is 10.0 Å². The predicted octanol–water partition coefficient (Wildman–Crippen LogP) is 3.00. The van der Waals surface area contributed by atoms with Gasteiger partial charge in [-0.2, -0.15) is 0 Å². The van der Waals surface area contributed by atoms with Gasteiger partial charge in [0.15, 0.2) is 0 Å². The maximum absolute atomic E-state index is 10.5. The van der Waals surface area contributed by atoms with Crippen LogP contribution in [0.15, 0.2) is 0 Å². The van der Waals surface area contributed by atoms with Gasteiger partial charge in [-0.05, 0) is 63.6 Å². The zero-order chi connectivity index (χ0) is 12.7. The fraction of sp³-hybridized carbons (Fsp3) is 0.929. The number of nitrogens with zero attached hydrogens (tertiary/aromatic N) is 1. The minimum Gasteiger partial charge on any atom is -0.481 e. The molecule has 0 radical (unpaired) electrons. The highest BCUT2D eigenvalue weighted by molar-refractivity contribution is 5.66. The monoisotopic (exact) mass is 241 g/mol.